The number of aryl methyl sites for hydroxylation is 1. The lowest BCUT2D eigenvalue weighted by molar-refractivity contribution is -0.115. The molecule has 0 aliphatic carbocycles. The molecule has 126 valence electrons. The van der Waals surface area contributed by atoms with Crippen LogP contribution in [-0.4, -0.2) is 25.0 Å². The number of carbonyl (C=O) groups is 1. The maximum absolute atomic E-state index is 12.1. The van der Waals surface area contributed by atoms with Gasteiger partial charge in [-0.25, -0.2) is 4.99 Å². The molecule has 2 aliphatic heterocycles. The quantitative estimate of drug-likeness (QED) is 0.875. The zero-order valence-electron chi connectivity index (χ0n) is 13.7. The van der Waals surface area contributed by atoms with Gasteiger partial charge < -0.3 is 14.8 Å². The lowest BCUT2D eigenvalue weighted by atomic mass is 10.1. The number of nitrogens with zero attached hydrogens (tertiary/aromatic N) is 1. The highest BCUT2D eigenvalue weighted by Crippen LogP contribution is 2.31. The lowest BCUT2D eigenvalue weighted by Gasteiger charge is -2.18. The monoisotopic (exact) mass is 334 g/mol. The van der Waals surface area contributed by atoms with Gasteiger partial charge in [-0.15, -0.1) is 0 Å². The van der Waals surface area contributed by atoms with E-state index in [0.717, 1.165) is 17.7 Å². The number of amides is 1. The Balaban J connectivity index is 1.49. The van der Waals surface area contributed by atoms with Crippen molar-refractivity contribution in [2.24, 2.45) is 4.99 Å². The standard InChI is InChI=1S/C20H18N2O3/c23-20-16(12-15-6-8-17-18(13-15)25-11-10-24-17)21-19(22-20)9-7-14-4-2-1-3-5-14/h1-6,8,12-13H,7,9-11H2,(H,21,22,23)/b16-12+. The molecule has 0 bridgehead atoms. The normalized spacial score (nSPS) is 17.4. The first kappa shape index (κ1) is 15.4. The number of carbonyl (C=O) groups excluding carboxylic acids is 1. The third-order valence-electron chi connectivity index (χ3n) is 4.11. The largest absolute Gasteiger partial charge is 0.486 e. The molecule has 5 heteroatoms. The van der Waals surface area contributed by atoms with Crippen LogP contribution in [0, 0.1) is 0 Å². The lowest BCUT2D eigenvalue weighted by Crippen LogP contribution is -2.24. The Hall–Kier alpha value is -3.08. The molecule has 0 spiro atoms. The van der Waals surface area contributed by atoms with Crippen LogP contribution in [0.4, 0.5) is 0 Å². The second kappa shape index (κ2) is 6.81. The number of aliphatic imine (C=N–C) groups is 1. The molecule has 0 radical (unpaired) electrons. The van der Waals surface area contributed by atoms with Crippen LogP contribution < -0.4 is 14.8 Å². The van der Waals surface area contributed by atoms with Gasteiger partial charge >= 0.3 is 0 Å². The van der Waals surface area contributed by atoms with Gasteiger partial charge in [0.2, 0.25) is 0 Å². The minimum atomic E-state index is -0.169. The zero-order chi connectivity index (χ0) is 17.1. The molecule has 4 rings (SSSR count). The molecule has 5 nitrogen and oxygen atoms in total. The molecule has 0 aromatic heterocycles. The Morgan fingerprint density at radius 3 is 2.64 bits per heavy atom. The van der Waals surface area contributed by atoms with Crippen molar-refractivity contribution in [3.05, 3.63) is 65.4 Å². The Labute approximate surface area is 146 Å². The van der Waals surface area contributed by atoms with Crippen molar-refractivity contribution < 1.29 is 14.3 Å². The highest BCUT2D eigenvalue weighted by Gasteiger charge is 2.20. The van der Waals surface area contributed by atoms with Crippen molar-refractivity contribution in [3.63, 3.8) is 0 Å². The summed E-state index contributed by atoms with van der Waals surface area (Å²) in [5.74, 6) is 1.97. The topological polar surface area (TPSA) is 59.9 Å². The molecule has 1 amide bonds. The van der Waals surface area contributed by atoms with E-state index in [4.69, 9.17) is 9.47 Å². The molecular weight excluding hydrogens is 316 g/mol. The molecule has 2 aromatic rings. The first-order chi connectivity index (χ1) is 12.3. The number of benzene rings is 2. The van der Waals surface area contributed by atoms with Crippen LogP contribution in [0.5, 0.6) is 11.5 Å². The molecule has 0 fully saturated rings. The van der Waals surface area contributed by atoms with Crippen LogP contribution in [0.3, 0.4) is 0 Å². The average Bonchev–Trinajstić information content (AvgIpc) is 3.00. The minimum Gasteiger partial charge on any atom is -0.486 e. The molecule has 0 unspecified atom stereocenters. The van der Waals surface area contributed by atoms with Crippen molar-refractivity contribution in [2.75, 3.05) is 13.2 Å². The second-order valence-corrected chi connectivity index (χ2v) is 5.93. The Morgan fingerprint density at radius 2 is 1.80 bits per heavy atom. The van der Waals surface area contributed by atoms with Crippen LogP contribution in [0.1, 0.15) is 17.5 Å². The molecule has 2 aliphatic rings. The fraction of sp³-hybridized carbons (Fsp3) is 0.200. The van der Waals surface area contributed by atoms with Gasteiger partial charge in [0, 0.05) is 6.42 Å². The molecule has 0 atom stereocenters. The van der Waals surface area contributed by atoms with E-state index in [-0.39, 0.29) is 5.91 Å². The highest BCUT2D eigenvalue weighted by molar-refractivity contribution is 6.14. The molecule has 0 saturated heterocycles. The summed E-state index contributed by atoms with van der Waals surface area (Å²) in [6.45, 7) is 1.10. The van der Waals surface area contributed by atoms with Crippen molar-refractivity contribution >= 4 is 17.8 Å². The third-order valence-corrected chi connectivity index (χ3v) is 4.11. The van der Waals surface area contributed by atoms with Crippen molar-refractivity contribution in [2.45, 2.75) is 12.8 Å². The van der Waals surface area contributed by atoms with E-state index in [1.54, 1.807) is 6.08 Å². The summed E-state index contributed by atoms with van der Waals surface area (Å²) in [5.41, 5.74) is 2.51. The molecular formula is C20H18N2O3. The third kappa shape index (κ3) is 3.55. The SMILES string of the molecule is O=C1NC(CCc2ccccc2)=N/C1=C/c1ccc2c(c1)OCCO2. The molecule has 2 heterocycles. The number of hydrogen-bond acceptors (Lipinski definition) is 4. The Bertz CT molecular complexity index is 856. The van der Waals surface area contributed by atoms with Crippen LogP contribution in [0.2, 0.25) is 0 Å². The van der Waals surface area contributed by atoms with Gasteiger partial charge in [-0.2, -0.15) is 0 Å². The van der Waals surface area contributed by atoms with E-state index in [1.807, 2.05) is 36.4 Å². The van der Waals surface area contributed by atoms with Gasteiger partial charge in [-0.1, -0.05) is 36.4 Å². The van der Waals surface area contributed by atoms with E-state index in [1.165, 1.54) is 5.56 Å². The van der Waals surface area contributed by atoms with Gasteiger partial charge in [0.25, 0.3) is 5.91 Å². The van der Waals surface area contributed by atoms with Gasteiger partial charge in [0.15, 0.2) is 11.5 Å². The number of amidine groups is 1. The number of nitrogens with one attached hydrogen (secondary N) is 1. The van der Waals surface area contributed by atoms with Gasteiger partial charge in [-0.3, -0.25) is 4.79 Å². The summed E-state index contributed by atoms with van der Waals surface area (Å²) in [7, 11) is 0. The molecule has 1 N–H and O–H groups in total. The summed E-state index contributed by atoms with van der Waals surface area (Å²) in [5, 5.41) is 2.84. The van der Waals surface area contributed by atoms with E-state index in [9.17, 15) is 4.79 Å². The first-order valence-corrected chi connectivity index (χ1v) is 8.32. The summed E-state index contributed by atoms with van der Waals surface area (Å²) in [4.78, 5) is 16.6. The number of ether oxygens (including phenoxy) is 2. The summed E-state index contributed by atoms with van der Waals surface area (Å²) in [6.07, 6.45) is 3.31. The highest BCUT2D eigenvalue weighted by atomic mass is 16.6. The van der Waals surface area contributed by atoms with Crippen LogP contribution in [0.25, 0.3) is 6.08 Å². The fourth-order valence-corrected chi connectivity index (χ4v) is 2.85. The molecule has 2 aromatic carbocycles. The fourth-order valence-electron chi connectivity index (χ4n) is 2.85. The zero-order valence-corrected chi connectivity index (χ0v) is 13.7. The number of hydrogen-bond donors (Lipinski definition) is 1. The summed E-state index contributed by atoms with van der Waals surface area (Å²) < 4.78 is 11.1. The number of rotatable bonds is 4. The van der Waals surface area contributed by atoms with Crippen LogP contribution in [0.15, 0.2) is 59.2 Å². The van der Waals surface area contributed by atoms with Crippen LogP contribution in [-0.2, 0) is 11.2 Å². The molecule has 0 saturated carbocycles. The predicted molar refractivity (Wildman–Crippen MR) is 95.7 cm³/mol. The van der Waals surface area contributed by atoms with E-state index in [0.29, 0.717) is 36.9 Å². The Kier molecular flexibility index (Phi) is 4.21. The Morgan fingerprint density at radius 1 is 1.00 bits per heavy atom. The maximum atomic E-state index is 12.1. The van der Waals surface area contributed by atoms with Crippen molar-refractivity contribution in [3.8, 4) is 11.5 Å². The van der Waals surface area contributed by atoms with E-state index in [2.05, 4.69) is 22.4 Å². The van der Waals surface area contributed by atoms with E-state index < -0.39 is 0 Å². The smallest absolute Gasteiger partial charge is 0.275 e. The average molecular weight is 334 g/mol. The number of fused-ring (bicyclic) bond motifs is 1. The van der Waals surface area contributed by atoms with Crippen LogP contribution >= 0.6 is 0 Å². The maximum Gasteiger partial charge on any atom is 0.275 e. The second-order valence-electron chi connectivity index (χ2n) is 5.93. The van der Waals surface area contributed by atoms with Crippen molar-refractivity contribution in [1.82, 2.24) is 5.32 Å². The van der Waals surface area contributed by atoms with Gasteiger partial charge in [-0.05, 0) is 35.8 Å². The van der Waals surface area contributed by atoms with Gasteiger partial charge in [0.05, 0.1) is 0 Å². The van der Waals surface area contributed by atoms with Gasteiger partial charge in [0.1, 0.15) is 24.7 Å². The predicted octanol–water partition coefficient (Wildman–Crippen LogP) is 2.96. The summed E-state index contributed by atoms with van der Waals surface area (Å²) >= 11 is 0. The first-order valence-electron chi connectivity index (χ1n) is 8.32. The van der Waals surface area contributed by atoms with Crippen molar-refractivity contribution in [1.29, 1.82) is 0 Å². The molecule has 25 heavy (non-hydrogen) atoms. The minimum absolute atomic E-state index is 0.169. The van der Waals surface area contributed by atoms with E-state index >= 15 is 0 Å². The summed E-state index contributed by atoms with van der Waals surface area (Å²) in [6, 6.07) is 15.8.